The fourth-order valence-electron chi connectivity index (χ4n) is 5.06. The standard InChI is InChI=1S/C33H27N5O4/c1-20(21-10-4-2-5-11-21)35-31(40)23-16-17-25-24(18-23)29(32(41)37-25)30(22-12-6-3-7-13-22)36-26-14-8-9-15-27(26)38-28(39)19-34-33(38)42/h2-18,20,37,41H,19H2,1H3,(H,34,42)(H,35,40)/t20-/m1/s1. The number of aromatic nitrogens is 1. The topological polar surface area (TPSA) is 127 Å². The molecular weight excluding hydrogens is 530 g/mol. The number of anilines is 1. The lowest BCUT2D eigenvalue weighted by atomic mass is 9.99. The quantitative estimate of drug-likeness (QED) is 0.154. The Morgan fingerprint density at radius 1 is 0.905 bits per heavy atom. The number of carbonyl (C=O) groups excluding carboxylic acids is 3. The number of aliphatic imine (C=N–C) groups is 1. The minimum Gasteiger partial charge on any atom is -0.494 e. The van der Waals surface area contributed by atoms with Gasteiger partial charge >= 0.3 is 6.03 Å². The van der Waals surface area contributed by atoms with E-state index in [9.17, 15) is 19.5 Å². The number of para-hydroxylation sites is 2. The van der Waals surface area contributed by atoms with Gasteiger partial charge in [0.15, 0.2) is 5.88 Å². The van der Waals surface area contributed by atoms with E-state index in [2.05, 4.69) is 15.6 Å². The van der Waals surface area contributed by atoms with Crippen LogP contribution in [0, 0.1) is 0 Å². The summed E-state index contributed by atoms with van der Waals surface area (Å²) in [7, 11) is 0. The predicted octanol–water partition coefficient (Wildman–Crippen LogP) is 5.59. The third kappa shape index (κ3) is 4.99. The van der Waals surface area contributed by atoms with Crippen LogP contribution >= 0.6 is 0 Å². The highest BCUT2D eigenvalue weighted by Gasteiger charge is 2.32. The van der Waals surface area contributed by atoms with Crippen LogP contribution in [0.15, 0.2) is 108 Å². The molecule has 42 heavy (non-hydrogen) atoms. The Morgan fingerprint density at radius 2 is 1.60 bits per heavy atom. The SMILES string of the molecule is C[C@@H](NC(=O)c1ccc2[nH]c(O)c(C(=Nc3ccccc3N3C(=O)CNC3=O)c3ccccc3)c2c1)c1ccccc1. The number of amides is 4. The number of aromatic amines is 1. The number of nitrogens with one attached hydrogen (secondary N) is 3. The minimum absolute atomic E-state index is 0.0978. The molecule has 0 spiro atoms. The van der Waals surface area contributed by atoms with E-state index >= 15 is 0 Å². The van der Waals surface area contributed by atoms with Crippen LogP contribution in [0.2, 0.25) is 0 Å². The van der Waals surface area contributed by atoms with Gasteiger partial charge < -0.3 is 20.7 Å². The summed E-state index contributed by atoms with van der Waals surface area (Å²) < 4.78 is 0. The van der Waals surface area contributed by atoms with Crippen molar-refractivity contribution in [2.75, 3.05) is 11.4 Å². The van der Waals surface area contributed by atoms with Crippen molar-refractivity contribution in [1.29, 1.82) is 0 Å². The van der Waals surface area contributed by atoms with E-state index in [4.69, 9.17) is 4.99 Å². The highest BCUT2D eigenvalue weighted by molar-refractivity contribution is 6.24. The van der Waals surface area contributed by atoms with Crippen molar-refractivity contribution in [1.82, 2.24) is 15.6 Å². The van der Waals surface area contributed by atoms with Crippen molar-refractivity contribution in [2.24, 2.45) is 4.99 Å². The summed E-state index contributed by atoms with van der Waals surface area (Å²) in [6.45, 7) is 1.82. The van der Waals surface area contributed by atoms with Crippen LogP contribution in [0.3, 0.4) is 0 Å². The molecule has 4 N–H and O–H groups in total. The van der Waals surface area contributed by atoms with Crippen LogP contribution < -0.4 is 15.5 Å². The first-order valence-electron chi connectivity index (χ1n) is 13.5. The number of hydrogen-bond acceptors (Lipinski definition) is 5. The molecule has 1 aliphatic rings. The lowest BCUT2D eigenvalue weighted by molar-refractivity contribution is -0.115. The van der Waals surface area contributed by atoms with Crippen molar-refractivity contribution in [3.8, 4) is 5.88 Å². The first-order valence-corrected chi connectivity index (χ1v) is 13.5. The highest BCUT2D eigenvalue weighted by atomic mass is 16.3. The van der Waals surface area contributed by atoms with Crippen LogP contribution in [0.5, 0.6) is 5.88 Å². The van der Waals surface area contributed by atoms with Gasteiger partial charge in [-0.3, -0.25) is 9.59 Å². The summed E-state index contributed by atoms with van der Waals surface area (Å²) in [5.41, 5.74) is 4.16. The van der Waals surface area contributed by atoms with E-state index in [-0.39, 0.29) is 30.3 Å². The van der Waals surface area contributed by atoms with Crippen molar-refractivity contribution in [2.45, 2.75) is 13.0 Å². The van der Waals surface area contributed by atoms with Gasteiger partial charge in [-0.25, -0.2) is 14.7 Å². The average Bonchev–Trinajstić information content (AvgIpc) is 3.53. The van der Waals surface area contributed by atoms with Crippen molar-refractivity contribution >= 4 is 45.8 Å². The zero-order valence-corrected chi connectivity index (χ0v) is 22.7. The number of benzene rings is 4. The minimum atomic E-state index is -0.528. The molecule has 4 amide bonds. The first kappa shape index (κ1) is 26.5. The number of hydrogen-bond donors (Lipinski definition) is 4. The summed E-state index contributed by atoms with van der Waals surface area (Å²) in [4.78, 5) is 47.3. The Morgan fingerprint density at radius 3 is 2.31 bits per heavy atom. The van der Waals surface area contributed by atoms with Gasteiger partial charge in [-0.2, -0.15) is 0 Å². The van der Waals surface area contributed by atoms with Crippen LogP contribution in [0.4, 0.5) is 16.2 Å². The smallest absolute Gasteiger partial charge is 0.329 e. The Hall–Kier alpha value is -5.70. The Balaban J connectivity index is 1.47. The van der Waals surface area contributed by atoms with Gasteiger partial charge in [0.1, 0.15) is 0 Å². The number of rotatable bonds is 7. The molecule has 6 rings (SSSR count). The van der Waals surface area contributed by atoms with Crippen LogP contribution in [-0.2, 0) is 4.79 Å². The molecule has 0 radical (unpaired) electrons. The van der Waals surface area contributed by atoms with Gasteiger partial charge in [-0.15, -0.1) is 0 Å². The second kappa shape index (κ2) is 11.1. The summed E-state index contributed by atoms with van der Waals surface area (Å²) in [5.74, 6) is -0.781. The molecule has 1 aliphatic heterocycles. The number of imide groups is 1. The van der Waals surface area contributed by atoms with Gasteiger partial charge in [0.25, 0.3) is 11.8 Å². The maximum atomic E-state index is 13.3. The lowest BCUT2D eigenvalue weighted by Crippen LogP contribution is -2.30. The van der Waals surface area contributed by atoms with Crippen molar-refractivity contribution in [3.05, 3.63) is 125 Å². The highest BCUT2D eigenvalue weighted by Crippen LogP contribution is 2.35. The molecule has 5 aromatic rings. The van der Waals surface area contributed by atoms with Crippen molar-refractivity contribution < 1.29 is 19.5 Å². The van der Waals surface area contributed by atoms with Crippen LogP contribution in [0.25, 0.3) is 10.9 Å². The van der Waals surface area contributed by atoms with Gasteiger partial charge in [-0.05, 0) is 42.8 Å². The molecule has 1 fully saturated rings. The fourth-order valence-corrected chi connectivity index (χ4v) is 5.06. The first-order chi connectivity index (χ1) is 20.4. The third-order valence-electron chi connectivity index (χ3n) is 7.17. The van der Waals surface area contributed by atoms with Crippen LogP contribution in [-0.4, -0.2) is 40.2 Å². The molecule has 208 valence electrons. The van der Waals surface area contributed by atoms with E-state index in [0.29, 0.717) is 44.7 Å². The van der Waals surface area contributed by atoms with E-state index in [1.54, 1.807) is 42.5 Å². The van der Waals surface area contributed by atoms with Gasteiger partial charge in [0.05, 0.1) is 35.2 Å². The summed E-state index contributed by atoms with van der Waals surface area (Å²) in [6.07, 6.45) is 0. The predicted molar refractivity (Wildman–Crippen MR) is 161 cm³/mol. The molecule has 9 heteroatoms. The Kier molecular flexibility index (Phi) is 6.98. The normalized spacial score (nSPS) is 14.2. The van der Waals surface area contributed by atoms with E-state index < -0.39 is 6.03 Å². The van der Waals surface area contributed by atoms with Crippen LogP contribution in [0.1, 0.15) is 40.0 Å². The van der Waals surface area contributed by atoms with E-state index in [1.807, 2.05) is 67.6 Å². The molecule has 9 nitrogen and oxygen atoms in total. The molecule has 0 saturated carbocycles. The average molecular weight is 558 g/mol. The lowest BCUT2D eigenvalue weighted by Gasteiger charge is -2.16. The molecule has 0 aliphatic carbocycles. The number of fused-ring (bicyclic) bond motifs is 1. The van der Waals surface area contributed by atoms with Gasteiger partial charge in [-0.1, -0.05) is 72.8 Å². The number of urea groups is 1. The number of aromatic hydroxyl groups is 1. The molecule has 1 saturated heterocycles. The molecule has 0 bridgehead atoms. The van der Waals surface area contributed by atoms with E-state index in [0.717, 1.165) is 10.5 Å². The summed E-state index contributed by atoms with van der Waals surface area (Å²) in [6, 6.07) is 30.2. The second-order valence-corrected chi connectivity index (χ2v) is 9.92. The number of nitrogens with zero attached hydrogens (tertiary/aromatic N) is 2. The maximum absolute atomic E-state index is 13.3. The van der Waals surface area contributed by atoms with Gasteiger partial charge in [0, 0.05) is 22.0 Å². The number of carbonyl (C=O) groups is 3. The molecule has 1 atom stereocenters. The zero-order valence-electron chi connectivity index (χ0n) is 22.7. The monoisotopic (exact) mass is 557 g/mol. The fraction of sp³-hybridized carbons (Fsp3) is 0.0909. The molecule has 4 aromatic carbocycles. The maximum Gasteiger partial charge on any atom is 0.329 e. The van der Waals surface area contributed by atoms with E-state index in [1.165, 1.54) is 0 Å². The van der Waals surface area contributed by atoms with Gasteiger partial charge in [0.2, 0.25) is 0 Å². The molecule has 1 aromatic heterocycles. The zero-order chi connectivity index (χ0) is 29.2. The number of H-pyrrole nitrogens is 1. The molecule has 2 heterocycles. The Bertz CT molecular complexity index is 1830. The summed E-state index contributed by atoms with van der Waals surface area (Å²) in [5, 5.41) is 17.3. The van der Waals surface area contributed by atoms with Crippen molar-refractivity contribution in [3.63, 3.8) is 0 Å². The molecule has 0 unspecified atom stereocenters. The third-order valence-corrected chi connectivity index (χ3v) is 7.17. The summed E-state index contributed by atoms with van der Waals surface area (Å²) >= 11 is 0. The Labute approximate surface area is 241 Å². The largest absolute Gasteiger partial charge is 0.494 e. The molecular formula is C33H27N5O4. The second-order valence-electron chi connectivity index (χ2n) is 9.92.